The number of amides is 1. The third-order valence-corrected chi connectivity index (χ3v) is 6.76. The summed E-state index contributed by atoms with van der Waals surface area (Å²) >= 11 is 0. The van der Waals surface area contributed by atoms with Crippen LogP contribution in [-0.2, 0) is 24.1 Å². The number of hydrogen-bond acceptors (Lipinski definition) is 4. The second kappa shape index (κ2) is 11.7. The fourth-order valence-electron chi connectivity index (χ4n) is 4.87. The number of alkyl halides is 3. The number of carbonyl (C=O) groups is 1. The van der Waals surface area contributed by atoms with Crippen molar-refractivity contribution in [2.45, 2.75) is 38.1 Å². The topological polar surface area (TPSA) is 50.8 Å². The maximum Gasteiger partial charge on any atom is 0.416 e. The largest absolute Gasteiger partial charge is 0.497 e. The molecule has 4 rings (SSSR count). The van der Waals surface area contributed by atoms with Gasteiger partial charge in [-0.15, -0.1) is 0 Å². The van der Waals surface area contributed by atoms with E-state index in [1.807, 2.05) is 36.4 Å². The van der Waals surface area contributed by atoms with Gasteiger partial charge in [-0.25, -0.2) is 0 Å². The zero-order chi connectivity index (χ0) is 26.4. The quantitative estimate of drug-likeness (QED) is 0.403. The van der Waals surface area contributed by atoms with Crippen molar-refractivity contribution in [3.05, 3.63) is 95.1 Å². The zero-order valence-electron chi connectivity index (χ0n) is 20.9. The Kier molecular flexibility index (Phi) is 8.38. The van der Waals surface area contributed by atoms with Crippen molar-refractivity contribution >= 4 is 5.91 Å². The van der Waals surface area contributed by atoms with E-state index >= 15 is 0 Å². The van der Waals surface area contributed by atoms with Crippen molar-refractivity contribution in [3.63, 3.8) is 0 Å². The number of nitrogens with zero attached hydrogens (tertiary/aromatic N) is 1. The smallest absolute Gasteiger partial charge is 0.416 e. The van der Waals surface area contributed by atoms with Crippen LogP contribution in [0.15, 0.2) is 72.8 Å². The molecule has 196 valence electrons. The van der Waals surface area contributed by atoms with Crippen LogP contribution in [0.2, 0.25) is 0 Å². The van der Waals surface area contributed by atoms with Gasteiger partial charge in [-0.2, -0.15) is 13.2 Å². The standard InChI is InChI=1S/C29H31F3N2O3/c1-36-25-14-21(15-26(16-25)37-2)18-34-19-23(11-12-27(34)22-8-4-3-5-9-22)28(35)33-17-20-7-6-10-24(13-20)29(30,31)32/h3-10,13-16,23,27H,11-12,17-19H2,1-2H3,(H,33,35)/t23-,27-/m0/s1. The van der Waals surface area contributed by atoms with Crippen LogP contribution in [0, 0.1) is 5.92 Å². The summed E-state index contributed by atoms with van der Waals surface area (Å²) in [7, 11) is 3.22. The molecule has 3 aromatic rings. The summed E-state index contributed by atoms with van der Waals surface area (Å²) in [5.41, 5.74) is 1.88. The minimum absolute atomic E-state index is 0.0500. The first kappa shape index (κ1) is 26.5. The van der Waals surface area contributed by atoms with Gasteiger partial charge in [-0.1, -0.05) is 42.5 Å². The second-order valence-electron chi connectivity index (χ2n) is 9.27. The Morgan fingerprint density at radius 1 is 0.919 bits per heavy atom. The Hall–Kier alpha value is -3.52. The van der Waals surface area contributed by atoms with E-state index in [1.54, 1.807) is 20.3 Å². The molecule has 1 heterocycles. The molecule has 37 heavy (non-hydrogen) atoms. The summed E-state index contributed by atoms with van der Waals surface area (Å²) in [6.45, 7) is 1.16. The molecule has 0 bridgehead atoms. The van der Waals surface area contributed by atoms with Gasteiger partial charge in [-0.3, -0.25) is 9.69 Å². The molecule has 3 aromatic carbocycles. The molecule has 0 aromatic heterocycles. The number of piperidine rings is 1. The highest BCUT2D eigenvalue weighted by molar-refractivity contribution is 5.79. The predicted molar refractivity (Wildman–Crippen MR) is 135 cm³/mol. The van der Waals surface area contributed by atoms with E-state index in [-0.39, 0.29) is 24.4 Å². The molecule has 5 nitrogen and oxygen atoms in total. The Morgan fingerprint density at radius 2 is 1.62 bits per heavy atom. The Labute approximate surface area is 215 Å². The van der Waals surface area contributed by atoms with E-state index < -0.39 is 11.7 Å². The first-order valence-electron chi connectivity index (χ1n) is 12.2. The third-order valence-electron chi connectivity index (χ3n) is 6.76. The SMILES string of the molecule is COc1cc(CN2C[C@@H](C(=O)NCc3cccc(C(F)(F)F)c3)CC[C@H]2c2ccccc2)cc(OC)c1. The van der Waals surface area contributed by atoms with Gasteiger partial charge in [0.1, 0.15) is 11.5 Å². The molecule has 0 saturated carbocycles. The lowest BCUT2D eigenvalue weighted by Gasteiger charge is -2.39. The number of benzene rings is 3. The predicted octanol–water partition coefficient (Wildman–Crippen LogP) is 5.99. The maximum atomic E-state index is 13.1. The summed E-state index contributed by atoms with van der Waals surface area (Å²) in [4.78, 5) is 15.4. The highest BCUT2D eigenvalue weighted by Gasteiger charge is 2.33. The highest BCUT2D eigenvalue weighted by Crippen LogP contribution is 2.36. The molecule has 1 amide bonds. The molecule has 2 atom stereocenters. The van der Waals surface area contributed by atoms with Crippen LogP contribution in [0.5, 0.6) is 11.5 Å². The van der Waals surface area contributed by atoms with E-state index in [0.29, 0.717) is 36.6 Å². The van der Waals surface area contributed by atoms with Crippen LogP contribution in [0.1, 0.15) is 41.1 Å². The fraction of sp³-hybridized carbons (Fsp3) is 0.345. The number of hydrogen-bond donors (Lipinski definition) is 1. The second-order valence-corrected chi connectivity index (χ2v) is 9.27. The number of ether oxygens (including phenoxy) is 2. The van der Waals surface area contributed by atoms with E-state index in [9.17, 15) is 18.0 Å². The lowest BCUT2D eigenvalue weighted by Crippen LogP contribution is -2.44. The van der Waals surface area contributed by atoms with Crippen LogP contribution in [0.4, 0.5) is 13.2 Å². The van der Waals surface area contributed by atoms with Gasteiger partial charge in [0.15, 0.2) is 0 Å². The molecule has 0 aliphatic carbocycles. The molecular weight excluding hydrogens is 481 g/mol. The molecule has 1 N–H and O–H groups in total. The molecule has 1 fully saturated rings. The molecule has 1 aliphatic heterocycles. The van der Waals surface area contributed by atoms with Crippen LogP contribution < -0.4 is 14.8 Å². The Balaban J connectivity index is 1.49. The molecule has 1 aliphatic rings. The van der Waals surface area contributed by atoms with E-state index in [4.69, 9.17) is 9.47 Å². The normalized spacial score (nSPS) is 18.3. The maximum absolute atomic E-state index is 13.1. The van der Waals surface area contributed by atoms with Crippen LogP contribution in [-0.4, -0.2) is 31.6 Å². The minimum Gasteiger partial charge on any atom is -0.497 e. The van der Waals surface area contributed by atoms with Crippen molar-refractivity contribution in [1.82, 2.24) is 10.2 Å². The van der Waals surface area contributed by atoms with E-state index in [1.165, 1.54) is 11.6 Å². The highest BCUT2D eigenvalue weighted by atomic mass is 19.4. The van der Waals surface area contributed by atoms with Gasteiger partial charge in [0.05, 0.1) is 25.7 Å². The number of methoxy groups -OCH3 is 2. The van der Waals surface area contributed by atoms with Crippen LogP contribution in [0.3, 0.4) is 0 Å². The lowest BCUT2D eigenvalue weighted by molar-refractivity contribution is -0.137. The minimum atomic E-state index is -4.42. The van der Waals surface area contributed by atoms with Crippen molar-refractivity contribution in [2.24, 2.45) is 5.92 Å². The summed E-state index contributed by atoms with van der Waals surface area (Å²) in [5.74, 6) is 0.950. The zero-order valence-corrected chi connectivity index (χ0v) is 20.9. The first-order valence-corrected chi connectivity index (χ1v) is 12.2. The number of likely N-dealkylation sites (tertiary alicyclic amines) is 1. The summed E-state index contributed by atoms with van der Waals surface area (Å²) in [6, 6.07) is 21.1. The number of rotatable bonds is 8. The summed E-state index contributed by atoms with van der Waals surface area (Å²) in [6.07, 6.45) is -2.95. The van der Waals surface area contributed by atoms with Gasteiger partial charge in [0.25, 0.3) is 0 Å². The van der Waals surface area contributed by atoms with Crippen molar-refractivity contribution in [3.8, 4) is 11.5 Å². The summed E-state index contributed by atoms with van der Waals surface area (Å²) < 4.78 is 50.0. The van der Waals surface area contributed by atoms with Gasteiger partial charge in [0.2, 0.25) is 5.91 Å². The third kappa shape index (κ3) is 6.83. The molecular formula is C29H31F3N2O3. The average Bonchev–Trinajstić information content (AvgIpc) is 2.91. The Morgan fingerprint density at radius 3 is 2.27 bits per heavy atom. The van der Waals surface area contributed by atoms with Crippen LogP contribution >= 0.6 is 0 Å². The van der Waals surface area contributed by atoms with Gasteiger partial charge >= 0.3 is 6.18 Å². The summed E-state index contributed by atoms with van der Waals surface area (Å²) in [5, 5.41) is 2.85. The lowest BCUT2D eigenvalue weighted by atomic mass is 9.88. The van der Waals surface area contributed by atoms with E-state index in [0.717, 1.165) is 24.1 Å². The molecule has 1 saturated heterocycles. The van der Waals surface area contributed by atoms with Gasteiger partial charge < -0.3 is 14.8 Å². The fourth-order valence-corrected chi connectivity index (χ4v) is 4.87. The van der Waals surface area contributed by atoms with Crippen molar-refractivity contribution in [1.29, 1.82) is 0 Å². The Bertz CT molecular complexity index is 1180. The molecule has 8 heteroatoms. The molecule has 0 spiro atoms. The molecule has 0 unspecified atom stereocenters. The average molecular weight is 513 g/mol. The first-order chi connectivity index (χ1) is 17.8. The number of carbonyl (C=O) groups excluding carboxylic acids is 1. The van der Waals surface area contributed by atoms with Gasteiger partial charge in [0, 0.05) is 31.7 Å². The van der Waals surface area contributed by atoms with E-state index in [2.05, 4.69) is 22.3 Å². The monoisotopic (exact) mass is 512 g/mol. The van der Waals surface area contributed by atoms with Crippen LogP contribution in [0.25, 0.3) is 0 Å². The number of halogens is 3. The number of nitrogens with one attached hydrogen (secondary N) is 1. The molecule has 0 radical (unpaired) electrons. The van der Waals surface area contributed by atoms with Crippen molar-refractivity contribution in [2.75, 3.05) is 20.8 Å². The van der Waals surface area contributed by atoms with Gasteiger partial charge in [-0.05, 0) is 53.8 Å². The van der Waals surface area contributed by atoms with Crippen molar-refractivity contribution < 1.29 is 27.4 Å².